The third kappa shape index (κ3) is 6.07. The molecule has 1 aromatic carbocycles. The van der Waals surface area contributed by atoms with E-state index < -0.39 is 7.14 Å². The van der Waals surface area contributed by atoms with Gasteiger partial charge in [0.05, 0.1) is 22.2 Å². The van der Waals surface area contributed by atoms with E-state index in [9.17, 15) is 9.36 Å². The third-order valence-corrected chi connectivity index (χ3v) is 11.6. The van der Waals surface area contributed by atoms with Gasteiger partial charge in [0, 0.05) is 54.1 Å². The van der Waals surface area contributed by atoms with Crippen molar-refractivity contribution in [1.29, 1.82) is 0 Å². The zero-order valence-electron chi connectivity index (χ0n) is 21.6. The van der Waals surface area contributed by atoms with Crippen molar-refractivity contribution in [2.24, 2.45) is 7.05 Å². The molecule has 1 aliphatic carbocycles. The number of aromatic nitrogens is 4. The number of hydrogen-bond acceptors (Lipinski definition) is 8. The van der Waals surface area contributed by atoms with Gasteiger partial charge in [-0.1, -0.05) is 11.3 Å². The lowest BCUT2D eigenvalue weighted by Crippen LogP contribution is -2.38. The Hall–Kier alpha value is -2.71. The first-order valence-corrected chi connectivity index (χ1v) is 16.0. The highest BCUT2D eigenvalue weighted by Gasteiger charge is 2.33. The average Bonchev–Trinajstić information content (AvgIpc) is 3.61. The Labute approximate surface area is 221 Å². The molecular weight excluding hydrogens is 507 g/mol. The van der Waals surface area contributed by atoms with Gasteiger partial charge in [0.15, 0.2) is 5.82 Å². The summed E-state index contributed by atoms with van der Waals surface area (Å²) in [7, 11) is -0.633. The van der Waals surface area contributed by atoms with Gasteiger partial charge in [-0.2, -0.15) is 0 Å². The maximum absolute atomic E-state index is 14.0. The Morgan fingerprint density at radius 3 is 2.62 bits per heavy atom. The molecule has 198 valence electrons. The molecule has 2 N–H and O–H groups in total. The van der Waals surface area contributed by atoms with E-state index in [2.05, 4.69) is 27.0 Å². The molecule has 1 amide bonds. The lowest BCUT2D eigenvalue weighted by molar-refractivity contribution is 0.109. The van der Waals surface area contributed by atoms with Crippen LogP contribution in [0.1, 0.15) is 63.3 Å². The van der Waals surface area contributed by atoms with Crippen LogP contribution in [-0.2, 0) is 16.3 Å². The quantitative estimate of drug-likeness (QED) is 0.373. The van der Waals surface area contributed by atoms with Crippen LogP contribution in [0.3, 0.4) is 0 Å². The number of thiazole rings is 1. The predicted octanol–water partition coefficient (Wildman–Crippen LogP) is 5.63. The maximum Gasteiger partial charge on any atom is 0.407 e. The Balaban J connectivity index is 1.33. The number of carbonyl (C=O) groups excluding carboxylic acids is 1. The summed E-state index contributed by atoms with van der Waals surface area (Å²) in [5, 5.41) is 16.5. The minimum absolute atomic E-state index is 0.119. The smallest absolute Gasteiger partial charge is 0.407 e. The first-order chi connectivity index (χ1) is 17.8. The summed E-state index contributed by atoms with van der Waals surface area (Å²) in [6, 6.07) is 6.28. The molecule has 0 unspecified atom stereocenters. The van der Waals surface area contributed by atoms with E-state index in [0.717, 1.165) is 77.3 Å². The fourth-order valence-corrected chi connectivity index (χ4v) is 9.68. The topological polar surface area (TPSA) is 111 Å². The van der Waals surface area contributed by atoms with E-state index in [1.807, 2.05) is 45.4 Å². The number of hydrogen-bond donors (Lipinski definition) is 2. The third-order valence-electron chi connectivity index (χ3n) is 7.13. The number of ether oxygens (including phenoxy) is 1. The molecule has 5 rings (SSSR count). The largest absolute Gasteiger partial charge is 0.447 e. The number of aryl methyl sites for hydroxylation is 1. The van der Waals surface area contributed by atoms with Gasteiger partial charge in [0.25, 0.3) is 0 Å². The second kappa shape index (κ2) is 11.0. The van der Waals surface area contributed by atoms with Crippen LogP contribution in [-0.4, -0.2) is 50.5 Å². The van der Waals surface area contributed by atoms with Gasteiger partial charge in [-0.3, -0.25) is 4.68 Å². The second-order valence-corrected chi connectivity index (χ2v) is 14.6. The molecule has 2 fully saturated rings. The summed E-state index contributed by atoms with van der Waals surface area (Å²) in [5.74, 6) is 1.04. The number of carbonyl (C=O) groups is 1. The van der Waals surface area contributed by atoms with Gasteiger partial charge in [0.1, 0.15) is 7.14 Å². The fourth-order valence-electron chi connectivity index (χ4n) is 5.29. The van der Waals surface area contributed by atoms with Gasteiger partial charge >= 0.3 is 6.09 Å². The summed E-state index contributed by atoms with van der Waals surface area (Å²) in [4.78, 5) is 17.8. The van der Waals surface area contributed by atoms with Gasteiger partial charge in [-0.05, 0) is 64.5 Å². The Morgan fingerprint density at radius 2 is 1.95 bits per heavy atom. The summed E-state index contributed by atoms with van der Waals surface area (Å²) < 4.78 is 20.9. The molecule has 1 saturated heterocycles. The first-order valence-electron chi connectivity index (χ1n) is 13.1. The van der Waals surface area contributed by atoms with Crippen LogP contribution in [0.25, 0.3) is 10.4 Å². The molecule has 0 radical (unpaired) electrons. The van der Waals surface area contributed by atoms with Crippen LogP contribution in [0.5, 0.6) is 0 Å². The molecule has 2 aliphatic rings. The lowest BCUT2D eigenvalue weighted by Gasteiger charge is -2.28. The average molecular weight is 543 g/mol. The van der Waals surface area contributed by atoms with E-state index >= 15 is 0 Å². The predicted molar refractivity (Wildman–Crippen MR) is 148 cm³/mol. The molecule has 37 heavy (non-hydrogen) atoms. The van der Waals surface area contributed by atoms with Crippen LogP contribution in [0.2, 0.25) is 0 Å². The highest BCUT2D eigenvalue weighted by Crippen LogP contribution is 2.53. The van der Waals surface area contributed by atoms with E-state index in [1.165, 1.54) is 0 Å². The number of nitrogens with zero attached hydrogens (tertiary/aromatic N) is 4. The van der Waals surface area contributed by atoms with Gasteiger partial charge in [-0.25, -0.2) is 9.78 Å². The Morgan fingerprint density at radius 1 is 1.19 bits per heavy atom. The number of alkyl carbamates (subject to hydrolysis) is 1. The molecule has 1 aliphatic heterocycles. The van der Waals surface area contributed by atoms with Crippen molar-refractivity contribution < 1.29 is 14.1 Å². The van der Waals surface area contributed by atoms with Crippen molar-refractivity contribution >= 4 is 41.4 Å². The Bertz CT molecular complexity index is 1290. The van der Waals surface area contributed by atoms with Crippen molar-refractivity contribution in [1.82, 2.24) is 25.3 Å². The standard InChI is InChI=1S/C26H35N6O3PS/c1-17(2)35-26(33)29-19-8-6-18(7-9-19)25-27-15-23(37-25)21-11-10-20(28-24-16-32(3)31-30-24)14-22(21)36(34)12-4-5-13-36/h10-11,14-19,28H,4-9,12-13H2,1-3H3,(H,29,33). The highest BCUT2D eigenvalue weighted by molar-refractivity contribution is 7.72. The van der Waals surface area contributed by atoms with E-state index in [0.29, 0.717) is 11.7 Å². The number of rotatable bonds is 7. The zero-order valence-corrected chi connectivity index (χ0v) is 23.4. The van der Waals surface area contributed by atoms with Crippen molar-refractivity contribution in [3.05, 3.63) is 35.6 Å². The van der Waals surface area contributed by atoms with Crippen molar-refractivity contribution in [2.45, 2.75) is 70.4 Å². The van der Waals surface area contributed by atoms with Crippen LogP contribution < -0.4 is 15.9 Å². The van der Waals surface area contributed by atoms with Crippen LogP contribution in [0.15, 0.2) is 30.6 Å². The van der Waals surface area contributed by atoms with E-state index in [-0.39, 0.29) is 18.2 Å². The molecule has 0 spiro atoms. The normalized spacial score (nSPS) is 21.2. The van der Waals surface area contributed by atoms with Crippen molar-refractivity contribution in [3.8, 4) is 10.4 Å². The Kier molecular flexibility index (Phi) is 7.67. The number of amides is 1. The molecule has 11 heteroatoms. The van der Waals surface area contributed by atoms with Gasteiger partial charge in [0.2, 0.25) is 0 Å². The molecule has 1 saturated carbocycles. The summed E-state index contributed by atoms with van der Waals surface area (Å²) in [6.07, 6.45) is 10.6. The lowest BCUT2D eigenvalue weighted by atomic mass is 9.86. The minimum atomic E-state index is -2.46. The van der Waals surface area contributed by atoms with Crippen LogP contribution >= 0.6 is 18.5 Å². The molecule has 3 aromatic rings. The van der Waals surface area contributed by atoms with E-state index in [1.54, 1.807) is 16.0 Å². The number of benzene rings is 1. The maximum atomic E-state index is 14.0. The SMILES string of the molecule is CC(C)OC(=O)NC1CCC(c2ncc(-c3ccc(Nc4cn(C)nn4)cc3P3(=O)CCCC3)s2)CC1. The highest BCUT2D eigenvalue weighted by atomic mass is 32.1. The molecular formula is C26H35N6O3PS. The molecule has 0 bridgehead atoms. The summed E-state index contributed by atoms with van der Waals surface area (Å²) in [5.41, 5.74) is 1.90. The first kappa shape index (κ1) is 25.9. The number of anilines is 2. The van der Waals surface area contributed by atoms with Crippen LogP contribution in [0.4, 0.5) is 16.3 Å². The van der Waals surface area contributed by atoms with E-state index in [4.69, 9.17) is 9.72 Å². The van der Waals surface area contributed by atoms with Crippen LogP contribution in [0, 0.1) is 0 Å². The molecule has 0 atom stereocenters. The second-order valence-electron chi connectivity index (χ2n) is 10.4. The minimum Gasteiger partial charge on any atom is -0.447 e. The van der Waals surface area contributed by atoms with Gasteiger partial charge < -0.3 is 19.9 Å². The molecule has 3 heterocycles. The van der Waals surface area contributed by atoms with Crippen molar-refractivity contribution in [3.63, 3.8) is 0 Å². The molecule has 2 aromatic heterocycles. The fraction of sp³-hybridized carbons (Fsp3) is 0.538. The zero-order chi connectivity index (χ0) is 26.0. The van der Waals surface area contributed by atoms with Gasteiger partial charge in [-0.15, -0.1) is 16.4 Å². The summed E-state index contributed by atoms with van der Waals surface area (Å²) >= 11 is 1.71. The molecule has 9 nitrogen and oxygen atoms in total. The monoisotopic (exact) mass is 542 g/mol. The summed E-state index contributed by atoms with van der Waals surface area (Å²) in [6.45, 7) is 3.71. The van der Waals surface area contributed by atoms with Crippen molar-refractivity contribution in [2.75, 3.05) is 17.6 Å². The number of nitrogens with one attached hydrogen (secondary N) is 2.